The Hall–Kier alpha value is -2.73. The van der Waals surface area contributed by atoms with E-state index in [1.807, 2.05) is 23.1 Å². The van der Waals surface area contributed by atoms with E-state index >= 15 is 0 Å². The van der Waals surface area contributed by atoms with Gasteiger partial charge in [-0.3, -0.25) is 14.5 Å². The summed E-state index contributed by atoms with van der Waals surface area (Å²) in [5, 5.41) is 2.93. The predicted octanol–water partition coefficient (Wildman–Crippen LogP) is 4.10. The molecule has 2 aromatic rings. The zero-order valence-corrected chi connectivity index (χ0v) is 18.5. The highest BCUT2D eigenvalue weighted by Gasteiger charge is 2.37. The number of aryl methyl sites for hydroxylation is 1. The first-order valence-corrected chi connectivity index (χ1v) is 11.7. The van der Waals surface area contributed by atoms with Crippen molar-refractivity contribution in [2.45, 2.75) is 44.6 Å². The highest BCUT2D eigenvalue weighted by atomic mass is 19.1. The van der Waals surface area contributed by atoms with Crippen LogP contribution in [0.5, 0.6) is 0 Å². The summed E-state index contributed by atoms with van der Waals surface area (Å²) < 4.78 is 13.6. The maximum atomic E-state index is 13.6. The number of anilines is 1. The van der Waals surface area contributed by atoms with Crippen molar-refractivity contribution in [3.63, 3.8) is 0 Å². The fraction of sp³-hybridized carbons (Fsp3) is 0.462. The monoisotopic (exact) mass is 437 g/mol. The quantitative estimate of drug-likeness (QED) is 0.710. The second-order valence-corrected chi connectivity index (χ2v) is 8.89. The lowest BCUT2D eigenvalue weighted by Gasteiger charge is -2.40. The van der Waals surface area contributed by atoms with E-state index in [0.29, 0.717) is 44.2 Å². The Kier molecular flexibility index (Phi) is 7.53. The molecule has 0 bridgehead atoms. The molecule has 2 aliphatic rings. The molecule has 0 spiro atoms. The summed E-state index contributed by atoms with van der Waals surface area (Å²) in [6.07, 6.45) is 5.63. The second kappa shape index (κ2) is 10.7. The molecule has 6 heteroatoms. The summed E-state index contributed by atoms with van der Waals surface area (Å²) in [6.45, 7) is 2.66. The number of nitrogens with zero attached hydrogens (tertiary/aromatic N) is 2. The van der Waals surface area contributed by atoms with Gasteiger partial charge in [-0.15, -0.1) is 0 Å². The van der Waals surface area contributed by atoms with Crippen molar-refractivity contribution < 1.29 is 14.0 Å². The number of benzene rings is 2. The summed E-state index contributed by atoms with van der Waals surface area (Å²) in [5.74, 6) is 0.0632. The minimum atomic E-state index is -0.358. The predicted molar refractivity (Wildman–Crippen MR) is 124 cm³/mol. The molecule has 0 aromatic heterocycles. The average Bonchev–Trinajstić information content (AvgIpc) is 3.33. The Morgan fingerprint density at radius 2 is 1.69 bits per heavy atom. The van der Waals surface area contributed by atoms with Crippen LogP contribution in [0.2, 0.25) is 0 Å². The van der Waals surface area contributed by atoms with Gasteiger partial charge < -0.3 is 10.2 Å². The summed E-state index contributed by atoms with van der Waals surface area (Å²) in [6, 6.07) is 15.9. The number of carbonyl (C=O) groups is 2. The molecular formula is C26H32FN3O2. The van der Waals surface area contributed by atoms with Gasteiger partial charge in [0.15, 0.2) is 0 Å². The van der Waals surface area contributed by atoms with Crippen LogP contribution in [0.1, 0.15) is 37.7 Å². The fourth-order valence-electron chi connectivity index (χ4n) is 5.04. The van der Waals surface area contributed by atoms with Crippen molar-refractivity contribution in [1.82, 2.24) is 9.80 Å². The molecule has 2 aromatic carbocycles. The average molecular weight is 438 g/mol. The number of halogens is 1. The smallest absolute Gasteiger partial charge is 0.242 e. The lowest BCUT2D eigenvalue weighted by Crippen LogP contribution is -2.57. The number of hydrogen-bond acceptors (Lipinski definition) is 3. The SMILES string of the molecule is O=C(Nc1cccc(F)c1)C(C1CCCC1)N1CCN(C(=O)CCc2ccccc2)CC1. The van der Waals surface area contributed by atoms with Crippen LogP contribution in [0, 0.1) is 11.7 Å². The van der Waals surface area contributed by atoms with Gasteiger partial charge in [-0.05, 0) is 48.9 Å². The Morgan fingerprint density at radius 1 is 0.969 bits per heavy atom. The summed E-state index contributed by atoms with van der Waals surface area (Å²) in [4.78, 5) is 30.1. The van der Waals surface area contributed by atoms with Crippen LogP contribution in [0.4, 0.5) is 10.1 Å². The minimum Gasteiger partial charge on any atom is -0.340 e. The van der Waals surface area contributed by atoms with Crippen LogP contribution < -0.4 is 5.32 Å². The Morgan fingerprint density at radius 3 is 2.38 bits per heavy atom. The first kappa shape index (κ1) is 22.5. The molecule has 1 heterocycles. The van der Waals surface area contributed by atoms with Crippen LogP contribution in [0.3, 0.4) is 0 Å². The zero-order valence-electron chi connectivity index (χ0n) is 18.5. The number of amides is 2. The van der Waals surface area contributed by atoms with E-state index in [-0.39, 0.29) is 23.7 Å². The Labute approximate surface area is 189 Å². The van der Waals surface area contributed by atoms with Crippen LogP contribution in [0.25, 0.3) is 0 Å². The summed E-state index contributed by atoms with van der Waals surface area (Å²) in [5.41, 5.74) is 1.67. The molecule has 1 aliphatic carbocycles. The van der Waals surface area contributed by atoms with Gasteiger partial charge in [0.05, 0.1) is 6.04 Å². The maximum absolute atomic E-state index is 13.6. The molecule has 1 aliphatic heterocycles. The standard InChI is InChI=1S/C26H32FN3O2/c27-22-11-6-12-23(19-22)28-26(32)25(21-9-4-5-10-21)30-17-15-29(16-18-30)24(31)14-13-20-7-2-1-3-8-20/h1-3,6-8,11-12,19,21,25H,4-5,9-10,13-18H2,(H,28,32). The van der Waals surface area contributed by atoms with Gasteiger partial charge in [0.1, 0.15) is 5.82 Å². The number of piperazine rings is 1. The highest BCUT2D eigenvalue weighted by Crippen LogP contribution is 2.31. The lowest BCUT2D eigenvalue weighted by molar-refractivity contribution is -0.134. The lowest BCUT2D eigenvalue weighted by atomic mass is 9.94. The largest absolute Gasteiger partial charge is 0.340 e. The minimum absolute atomic E-state index is 0.0636. The molecule has 4 rings (SSSR count). The van der Waals surface area contributed by atoms with Crippen molar-refractivity contribution in [1.29, 1.82) is 0 Å². The van der Waals surface area contributed by atoms with Gasteiger partial charge in [-0.2, -0.15) is 0 Å². The molecule has 1 unspecified atom stereocenters. The van der Waals surface area contributed by atoms with E-state index < -0.39 is 0 Å². The van der Waals surface area contributed by atoms with Gasteiger partial charge >= 0.3 is 0 Å². The number of hydrogen-bond donors (Lipinski definition) is 1. The van der Waals surface area contributed by atoms with Gasteiger partial charge in [-0.1, -0.05) is 49.2 Å². The van der Waals surface area contributed by atoms with E-state index in [1.54, 1.807) is 12.1 Å². The third kappa shape index (κ3) is 5.74. The third-order valence-electron chi connectivity index (χ3n) is 6.74. The number of rotatable bonds is 7. The van der Waals surface area contributed by atoms with Gasteiger partial charge in [-0.25, -0.2) is 4.39 Å². The van der Waals surface area contributed by atoms with Crippen molar-refractivity contribution >= 4 is 17.5 Å². The van der Waals surface area contributed by atoms with Crippen LogP contribution in [0.15, 0.2) is 54.6 Å². The van der Waals surface area contributed by atoms with Crippen LogP contribution >= 0.6 is 0 Å². The van der Waals surface area contributed by atoms with E-state index in [0.717, 1.165) is 32.1 Å². The van der Waals surface area contributed by atoms with E-state index in [1.165, 1.54) is 17.7 Å². The van der Waals surface area contributed by atoms with Crippen LogP contribution in [-0.2, 0) is 16.0 Å². The van der Waals surface area contributed by atoms with Gasteiger partial charge in [0.25, 0.3) is 0 Å². The first-order chi connectivity index (χ1) is 15.6. The Bertz CT molecular complexity index is 906. The van der Waals surface area contributed by atoms with Crippen molar-refractivity contribution in [2.75, 3.05) is 31.5 Å². The van der Waals surface area contributed by atoms with Crippen molar-refractivity contribution in [3.05, 3.63) is 66.0 Å². The molecule has 0 radical (unpaired) electrons. The van der Waals surface area contributed by atoms with Crippen molar-refractivity contribution in [2.24, 2.45) is 5.92 Å². The molecule has 2 amide bonds. The molecule has 5 nitrogen and oxygen atoms in total. The van der Waals surface area contributed by atoms with Crippen molar-refractivity contribution in [3.8, 4) is 0 Å². The molecule has 170 valence electrons. The highest BCUT2D eigenvalue weighted by molar-refractivity contribution is 5.95. The third-order valence-corrected chi connectivity index (χ3v) is 6.74. The maximum Gasteiger partial charge on any atom is 0.242 e. The van der Waals surface area contributed by atoms with Gasteiger partial charge in [0.2, 0.25) is 11.8 Å². The van der Waals surface area contributed by atoms with E-state index in [2.05, 4.69) is 22.3 Å². The van der Waals surface area contributed by atoms with E-state index in [4.69, 9.17) is 0 Å². The molecule has 1 atom stereocenters. The topological polar surface area (TPSA) is 52.7 Å². The zero-order chi connectivity index (χ0) is 22.3. The van der Waals surface area contributed by atoms with Gasteiger partial charge in [0, 0.05) is 38.3 Å². The number of carbonyl (C=O) groups excluding carboxylic acids is 2. The normalized spacial score (nSPS) is 18.5. The number of nitrogens with one attached hydrogen (secondary N) is 1. The molecular weight excluding hydrogens is 405 g/mol. The van der Waals surface area contributed by atoms with E-state index in [9.17, 15) is 14.0 Å². The summed E-state index contributed by atoms with van der Waals surface area (Å²) >= 11 is 0. The molecule has 1 saturated heterocycles. The molecule has 32 heavy (non-hydrogen) atoms. The first-order valence-electron chi connectivity index (χ1n) is 11.7. The Balaban J connectivity index is 1.35. The molecule has 2 fully saturated rings. The van der Waals surface area contributed by atoms with Crippen LogP contribution in [-0.4, -0.2) is 53.8 Å². The summed E-state index contributed by atoms with van der Waals surface area (Å²) in [7, 11) is 0. The second-order valence-electron chi connectivity index (χ2n) is 8.89. The molecule has 1 saturated carbocycles. The fourth-order valence-corrected chi connectivity index (χ4v) is 5.04. The molecule has 1 N–H and O–H groups in total.